The molecule has 0 bridgehead atoms. The van der Waals surface area contributed by atoms with E-state index < -0.39 is 5.97 Å². The van der Waals surface area contributed by atoms with E-state index in [9.17, 15) is 14.7 Å². The molecule has 5 nitrogen and oxygen atoms in total. The van der Waals surface area contributed by atoms with Gasteiger partial charge < -0.3 is 5.11 Å². The number of carbonyl (C=O) groups is 2. The van der Waals surface area contributed by atoms with Gasteiger partial charge in [0.2, 0.25) is 0 Å². The summed E-state index contributed by atoms with van der Waals surface area (Å²) in [5.74, 6) is -0.717. The van der Waals surface area contributed by atoms with Crippen molar-refractivity contribution >= 4 is 22.9 Å². The minimum atomic E-state index is -1.04. The van der Waals surface area contributed by atoms with Gasteiger partial charge in [-0.3, -0.25) is 9.36 Å². The normalized spacial score (nSPS) is 11.9. The highest BCUT2D eigenvalue weighted by atomic mass is 16.4. The largest absolute Gasteiger partial charge is 0.478 e. The number of imidazole rings is 1. The Bertz CT molecular complexity index is 2240. The average Bonchev–Trinajstić information content (AvgIpc) is 3.59. The zero-order valence-corrected chi connectivity index (χ0v) is 23.4. The summed E-state index contributed by atoms with van der Waals surface area (Å²) in [5.41, 5.74) is 10.1. The summed E-state index contributed by atoms with van der Waals surface area (Å²) in [6.45, 7) is 0. The summed E-state index contributed by atoms with van der Waals surface area (Å²) in [4.78, 5) is 31.6. The third kappa shape index (κ3) is 3.83. The van der Waals surface area contributed by atoms with Gasteiger partial charge >= 0.3 is 5.97 Å². The second kappa shape index (κ2) is 10.0. The number of carboxylic acids is 1. The lowest BCUT2D eigenvalue weighted by Crippen LogP contribution is -2.09. The van der Waals surface area contributed by atoms with Gasteiger partial charge in [0, 0.05) is 16.7 Å². The third-order valence-electron chi connectivity index (χ3n) is 8.29. The number of rotatable bonds is 5. The van der Waals surface area contributed by atoms with Crippen molar-refractivity contribution in [3.8, 4) is 55.9 Å². The Morgan fingerprint density at radius 1 is 0.523 bits per heavy atom. The van der Waals surface area contributed by atoms with Gasteiger partial charge in [-0.25, -0.2) is 9.78 Å². The fraction of sp³-hybridized carbons (Fsp3) is 0. The van der Waals surface area contributed by atoms with Gasteiger partial charge in [0.15, 0.2) is 0 Å². The lowest BCUT2D eigenvalue weighted by atomic mass is 9.77. The molecule has 0 radical (unpaired) electrons. The van der Waals surface area contributed by atoms with Gasteiger partial charge in [-0.2, -0.15) is 0 Å². The molecule has 1 N–H and O–H groups in total. The van der Waals surface area contributed by atoms with Crippen molar-refractivity contribution in [2.75, 3.05) is 0 Å². The Morgan fingerprint density at radius 3 is 1.36 bits per heavy atom. The van der Waals surface area contributed by atoms with Crippen molar-refractivity contribution in [2.45, 2.75) is 0 Å². The molecule has 0 saturated heterocycles. The first kappa shape index (κ1) is 25.6. The first-order chi connectivity index (χ1) is 21.6. The summed E-state index contributed by atoms with van der Waals surface area (Å²) in [7, 11) is 0. The van der Waals surface area contributed by atoms with Crippen LogP contribution in [-0.4, -0.2) is 26.5 Å². The van der Waals surface area contributed by atoms with Crippen LogP contribution in [0, 0.1) is 0 Å². The third-order valence-corrected chi connectivity index (χ3v) is 8.29. The van der Waals surface area contributed by atoms with Crippen LogP contribution in [0.2, 0.25) is 0 Å². The molecular formula is C39H24N2O3. The number of hydrogen-bond donors (Lipinski definition) is 1. The van der Waals surface area contributed by atoms with Crippen LogP contribution in [0.5, 0.6) is 0 Å². The number of nitrogens with zero attached hydrogens (tertiary/aromatic N) is 2. The molecule has 7 aromatic rings. The van der Waals surface area contributed by atoms with Gasteiger partial charge in [0.05, 0.1) is 22.2 Å². The molecule has 0 spiro atoms. The number of aromatic nitrogens is 2. The number of aromatic carboxylic acids is 1. The van der Waals surface area contributed by atoms with Gasteiger partial charge in [-0.05, 0) is 51.6 Å². The molecule has 0 unspecified atom stereocenters. The molecule has 0 aliphatic carbocycles. The standard InChI is InChI=1S/C39H24N2O3/c42-38-36-34(27-19-11-4-12-20-27)32(25-15-7-2-8-16-25)31(24-13-5-1-6-14-24)33(26-17-9-3-10-18-26)35(36)37-40-29-23-28(39(43)44)21-22-30(29)41(37)38/h1-23H,(H,43,44). The van der Waals surface area contributed by atoms with Crippen molar-refractivity contribution in [2.24, 2.45) is 0 Å². The molecule has 0 saturated carbocycles. The Morgan fingerprint density at radius 2 is 0.932 bits per heavy atom. The minimum absolute atomic E-state index is 0.125. The first-order valence-corrected chi connectivity index (χ1v) is 14.4. The maximum absolute atomic E-state index is 14.8. The van der Waals surface area contributed by atoms with Crippen LogP contribution in [0.15, 0.2) is 140 Å². The predicted molar refractivity (Wildman–Crippen MR) is 174 cm³/mol. The van der Waals surface area contributed by atoms with Crippen molar-refractivity contribution in [1.82, 2.24) is 9.55 Å². The maximum Gasteiger partial charge on any atom is 0.335 e. The van der Waals surface area contributed by atoms with Gasteiger partial charge in [0.25, 0.3) is 5.91 Å². The van der Waals surface area contributed by atoms with E-state index in [1.54, 1.807) is 10.6 Å². The fourth-order valence-corrected chi connectivity index (χ4v) is 6.46. The van der Waals surface area contributed by atoms with E-state index in [1.165, 1.54) is 12.1 Å². The summed E-state index contributed by atoms with van der Waals surface area (Å²) in [5, 5.41) is 9.66. The Hall–Kier alpha value is -6.07. The molecule has 44 heavy (non-hydrogen) atoms. The number of benzene rings is 6. The van der Waals surface area contributed by atoms with Gasteiger partial charge in [-0.15, -0.1) is 0 Å². The second-order valence-electron chi connectivity index (χ2n) is 10.8. The van der Waals surface area contributed by atoms with Gasteiger partial charge in [0.1, 0.15) is 5.82 Å². The maximum atomic E-state index is 14.8. The summed E-state index contributed by atoms with van der Waals surface area (Å²) < 4.78 is 1.65. The predicted octanol–water partition coefficient (Wildman–Crippen LogP) is 9.07. The van der Waals surface area contributed by atoms with Crippen LogP contribution >= 0.6 is 0 Å². The van der Waals surface area contributed by atoms with Crippen LogP contribution in [0.25, 0.3) is 66.9 Å². The van der Waals surface area contributed by atoms with Crippen LogP contribution in [0.3, 0.4) is 0 Å². The quantitative estimate of drug-likeness (QED) is 0.225. The van der Waals surface area contributed by atoms with E-state index in [0.29, 0.717) is 22.4 Å². The fourth-order valence-electron chi connectivity index (χ4n) is 6.46. The monoisotopic (exact) mass is 568 g/mol. The number of hydrogen-bond acceptors (Lipinski definition) is 3. The molecule has 8 rings (SSSR count). The van der Waals surface area contributed by atoms with Gasteiger partial charge in [-0.1, -0.05) is 121 Å². The highest BCUT2D eigenvalue weighted by molar-refractivity contribution is 6.24. The van der Waals surface area contributed by atoms with Crippen molar-refractivity contribution in [1.29, 1.82) is 0 Å². The molecule has 1 aliphatic heterocycles. The SMILES string of the molecule is O=C(O)c1ccc2c(c1)nc1n2C(=O)c2c(-c3ccccc3)c(-c3ccccc3)c(-c3ccccc3)c(-c3ccccc3)c2-1. The summed E-state index contributed by atoms with van der Waals surface area (Å²) in [6, 6.07) is 45.4. The van der Waals surface area contributed by atoms with Crippen molar-refractivity contribution in [3.63, 3.8) is 0 Å². The van der Waals surface area contributed by atoms with E-state index in [0.717, 1.165) is 50.1 Å². The molecule has 2 heterocycles. The van der Waals surface area contributed by atoms with E-state index in [-0.39, 0.29) is 11.5 Å². The molecule has 0 fully saturated rings. The Labute approximate surface area is 253 Å². The molecule has 208 valence electrons. The minimum Gasteiger partial charge on any atom is -0.478 e. The summed E-state index contributed by atoms with van der Waals surface area (Å²) in [6.07, 6.45) is 0. The van der Waals surface area contributed by atoms with E-state index >= 15 is 0 Å². The lowest BCUT2D eigenvalue weighted by molar-refractivity contribution is 0.0696. The topological polar surface area (TPSA) is 72.2 Å². The zero-order valence-electron chi connectivity index (χ0n) is 23.4. The molecule has 1 aromatic heterocycles. The Balaban J connectivity index is 1.62. The van der Waals surface area contributed by atoms with Crippen LogP contribution in [0.1, 0.15) is 20.7 Å². The number of carbonyl (C=O) groups excluding carboxylic acids is 1. The second-order valence-corrected chi connectivity index (χ2v) is 10.8. The smallest absolute Gasteiger partial charge is 0.335 e. The van der Waals surface area contributed by atoms with E-state index in [1.807, 2.05) is 84.9 Å². The van der Waals surface area contributed by atoms with Crippen LogP contribution in [-0.2, 0) is 0 Å². The molecule has 0 atom stereocenters. The van der Waals surface area contributed by atoms with E-state index in [2.05, 4.69) is 36.4 Å². The molecule has 1 aliphatic rings. The summed E-state index contributed by atoms with van der Waals surface area (Å²) >= 11 is 0. The highest BCUT2D eigenvalue weighted by Crippen LogP contribution is 2.55. The lowest BCUT2D eigenvalue weighted by Gasteiger charge is -2.24. The first-order valence-electron chi connectivity index (χ1n) is 14.4. The molecule has 6 aromatic carbocycles. The highest BCUT2D eigenvalue weighted by Gasteiger charge is 2.39. The molecule has 0 amide bonds. The molecular weight excluding hydrogens is 544 g/mol. The number of fused-ring (bicyclic) bond motifs is 5. The van der Waals surface area contributed by atoms with Crippen LogP contribution < -0.4 is 0 Å². The average molecular weight is 569 g/mol. The van der Waals surface area contributed by atoms with Crippen molar-refractivity contribution < 1.29 is 14.7 Å². The van der Waals surface area contributed by atoms with E-state index in [4.69, 9.17) is 4.98 Å². The van der Waals surface area contributed by atoms with Crippen molar-refractivity contribution in [3.05, 3.63) is 151 Å². The van der Waals surface area contributed by atoms with Crippen LogP contribution in [0.4, 0.5) is 0 Å². The number of carboxylic acid groups (broad SMARTS) is 1. The Kier molecular flexibility index (Phi) is 5.84. The molecule has 5 heteroatoms. The zero-order chi connectivity index (χ0) is 29.8.